The maximum atomic E-state index is 11.0. The predicted octanol–water partition coefficient (Wildman–Crippen LogP) is 0.921. The van der Waals surface area contributed by atoms with Crippen LogP contribution in [0.25, 0.3) is 5.65 Å². The molecule has 1 fully saturated rings. The van der Waals surface area contributed by atoms with E-state index in [9.17, 15) is 4.79 Å². The average Bonchev–Trinajstić information content (AvgIpc) is 2.81. The van der Waals surface area contributed by atoms with Crippen molar-refractivity contribution < 1.29 is 9.90 Å². The molecule has 0 radical (unpaired) electrons. The van der Waals surface area contributed by atoms with Crippen molar-refractivity contribution in [2.24, 2.45) is 5.92 Å². The van der Waals surface area contributed by atoms with Gasteiger partial charge in [0, 0.05) is 13.1 Å². The van der Waals surface area contributed by atoms with Crippen molar-refractivity contribution >= 4 is 23.3 Å². The number of piperidine rings is 1. The molecule has 2 aromatic heterocycles. The van der Waals surface area contributed by atoms with Gasteiger partial charge in [0.15, 0.2) is 5.65 Å². The van der Waals surface area contributed by atoms with Crippen molar-refractivity contribution in [1.82, 2.24) is 14.6 Å². The highest BCUT2D eigenvalue weighted by molar-refractivity contribution is 5.70. The van der Waals surface area contributed by atoms with Gasteiger partial charge in [-0.25, -0.2) is 4.52 Å². The maximum absolute atomic E-state index is 11.0. The first-order valence-electron chi connectivity index (χ1n) is 6.66. The minimum absolute atomic E-state index is 0.225. The van der Waals surface area contributed by atoms with E-state index in [4.69, 9.17) is 10.8 Å². The van der Waals surface area contributed by atoms with E-state index in [0.29, 0.717) is 12.8 Å². The highest BCUT2D eigenvalue weighted by atomic mass is 16.4. The largest absolute Gasteiger partial charge is 0.481 e. The molecule has 0 saturated carbocycles. The summed E-state index contributed by atoms with van der Waals surface area (Å²) in [7, 11) is 0. The topological polar surface area (TPSA) is 96.8 Å². The molecule has 0 unspecified atom stereocenters. The third-order valence-corrected chi connectivity index (χ3v) is 3.91. The molecule has 2 aromatic rings. The number of carboxylic acids is 1. The van der Waals surface area contributed by atoms with Crippen LogP contribution in [0, 0.1) is 12.8 Å². The van der Waals surface area contributed by atoms with Gasteiger partial charge in [-0.2, -0.15) is 4.98 Å². The van der Waals surface area contributed by atoms with Crippen molar-refractivity contribution in [1.29, 1.82) is 0 Å². The lowest BCUT2D eigenvalue weighted by Gasteiger charge is -2.32. The zero-order valence-electron chi connectivity index (χ0n) is 11.3. The molecule has 3 heterocycles. The number of carbonyl (C=O) groups is 1. The summed E-state index contributed by atoms with van der Waals surface area (Å²) in [6.45, 7) is 3.46. The first kappa shape index (κ1) is 12.7. The molecule has 1 aliphatic heterocycles. The Morgan fingerprint density at radius 3 is 2.75 bits per heavy atom. The third kappa shape index (κ3) is 2.04. The minimum atomic E-state index is -0.694. The number of hydrogen-bond acceptors (Lipinski definition) is 5. The Balaban J connectivity index is 1.88. The Hall–Kier alpha value is -2.31. The molecule has 1 aliphatic rings. The van der Waals surface area contributed by atoms with Gasteiger partial charge in [-0.3, -0.25) is 4.79 Å². The lowest BCUT2D eigenvalue weighted by atomic mass is 9.96. The fourth-order valence-corrected chi connectivity index (χ4v) is 2.78. The van der Waals surface area contributed by atoms with Gasteiger partial charge < -0.3 is 15.7 Å². The van der Waals surface area contributed by atoms with Gasteiger partial charge in [-0.1, -0.05) is 0 Å². The molecule has 20 heavy (non-hydrogen) atoms. The Morgan fingerprint density at radius 2 is 2.10 bits per heavy atom. The minimum Gasteiger partial charge on any atom is -0.481 e. The van der Waals surface area contributed by atoms with Crippen molar-refractivity contribution in [2.45, 2.75) is 19.8 Å². The summed E-state index contributed by atoms with van der Waals surface area (Å²) in [6.07, 6.45) is 1.35. The quantitative estimate of drug-likeness (QED) is 0.846. The van der Waals surface area contributed by atoms with Gasteiger partial charge in [0.1, 0.15) is 0 Å². The fourth-order valence-electron chi connectivity index (χ4n) is 2.78. The number of aryl methyl sites for hydroxylation is 1. The molecule has 7 nitrogen and oxygen atoms in total. The van der Waals surface area contributed by atoms with Gasteiger partial charge >= 0.3 is 5.97 Å². The molecule has 0 aromatic carbocycles. The molecule has 0 atom stereocenters. The van der Waals surface area contributed by atoms with Crippen molar-refractivity contribution in [3.05, 3.63) is 17.8 Å². The number of carboxylic acid groups (broad SMARTS) is 1. The van der Waals surface area contributed by atoms with E-state index in [2.05, 4.69) is 15.0 Å². The van der Waals surface area contributed by atoms with Crippen LogP contribution >= 0.6 is 0 Å². The van der Waals surface area contributed by atoms with Crippen LogP contribution in [-0.4, -0.2) is 38.8 Å². The molecular formula is C13H17N5O2. The number of aliphatic carboxylic acids is 1. The summed E-state index contributed by atoms with van der Waals surface area (Å²) in [5.74, 6) is -0.659. The number of pyridine rings is 1. The molecule has 106 valence electrons. The van der Waals surface area contributed by atoms with Crippen LogP contribution < -0.4 is 10.6 Å². The Labute approximate surface area is 116 Å². The number of nitrogen functional groups attached to an aromatic ring is 1. The molecule has 0 amide bonds. The molecule has 0 bridgehead atoms. The molecule has 1 saturated heterocycles. The first-order valence-corrected chi connectivity index (χ1v) is 6.66. The number of rotatable bonds is 2. The molecular weight excluding hydrogens is 258 g/mol. The fraction of sp³-hybridized carbons (Fsp3) is 0.462. The van der Waals surface area contributed by atoms with Crippen LogP contribution in [0.2, 0.25) is 0 Å². The second-order valence-corrected chi connectivity index (χ2v) is 5.14. The smallest absolute Gasteiger partial charge is 0.306 e. The van der Waals surface area contributed by atoms with Crippen molar-refractivity contribution in [3.8, 4) is 0 Å². The monoisotopic (exact) mass is 275 g/mol. The molecule has 3 N–H and O–H groups in total. The van der Waals surface area contributed by atoms with Crippen molar-refractivity contribution in [2.75, 3.05) is 23.7 Å². The standard InChI is InChI=1S/C13H17N5O2/c1-8-10(2-3-11-15-13(14)16-18(8)11)17-6-4-9(5-7-17)12(19)20/h2-3,9H,4-7H2,1H3,(H2,14,16)(H,19,20). The first-order chi connectivity index (χ1) is 9.56. The second kappa shape index (κ2) is 4.66. The number of aromatic nitrogens is 3. The lowest BCUT2D eigenvalue weighted by molar-refractivity contribution is -0.142. The summed E-state index contributed by atoms with van der Waals surface area (Å²) in [6, 6.07) is 3.88. The Bertz CT molecular complexity index is 658. The molecule has 0 aliphatic carbocycles. The van der Waals surface area contributed by atoms with Crippen LogP contribution in [0.5, 0.6) is 0 Å². The van der Waals surface area contributed by atoms with Crippen LogP contribution in [0.15, 0.2) is 12.1 Å². The van der Waals surface area contributed by atoms with Crippen LogP contribution in [-0.2, 0) is 4.79 Å². The van der Waals surface area contributed by atoms with E-state index in [1.54, 1.807) is 4.52 Å². The highest BCUT2D eigenvalue weighted by Gasteiger charge is 2.25. The van der Waals surface area contributed by atoms with E-state index < -0.39 is 5.97 Å². The second-order valence-electron chi connectivity index (χ2n) is 5.14. The van der Waals surface area contributed by atoms with E-state index in [0.717, 1.165) is 30.1 Å². The third-order valence-electron chi connectivity index (χ3n) is 3.91. The number of anilines is 2. The number of hydrogen-bond donors (Lipinski definition) is 2. The zero-order valence-corrected chi connectivity index (χ0v) is 11.3. The number of nitrogens with zero attached hydrogens (tertiary/aromatic N) is 4. The lowest BCUT2D eigenvalue weighted by Crippen LogP contribution is -2.36. The summed E-state index contributed by atoms with van der Waals surface area (Å²) < 4.78 is 1.73. The predicted molar refractivity (Wildman–Crippen MR) is 74.7 cm³/mol. The van der Waals surface area contributed by atoms with Crippen LogP contribution in [0.4, 0.5) is 11.6 Å². The maximum Gasteiger partial charge on any atom is 0.306 e. The van der Waals surface area contributed by atoms with E-state index in [1.807, 2.05) is 19.1 Å². The Kier molecular flexibility index (Phi) is 2.96. The normalized spacial score (nSPS) is 16.8. The van der Waals surface area contributed by atoms with Gasteiger partial charge in [-0.15, -0.1) is 5.10 Å². The summed E-state index contributed by atoms with van der Waals surface area (Å²) in [5, 5.41) is 13.2. The van der Waals surface area contributed by atoms with E-state index in [-0.39, 0.29) is 11.9 Å². The van der Waals surface area contributed by atoms with Gasteiger partial charge in [0.2, 0.25) is 5.95 Å². The van der Waals surface area contributed by atoms with Crippen LogP contribution in [0.3, 0.4) is 0 Å². The summed E-state index contributed by atoms with van der Waals surface area (Å²) in [5.41, 5.74) is 8.38. The van der Waals surface area contributed by atoms with E-state index >= 15 is 0 Å². The van der Waals surface area contributed by atoms with E-state index in [1.165, 1.54) is 0 Å². The van der Waals surface area contributed by atoms with Crippen molar-refractivity contribution in [3.63, 3.8) is 0 Å². The zero-order chi connectivity index (χ0) is 14.3. The molecule has 0 spiro atoms. The van der Waals surface area contributed by atoms with Gasteiger partial charge in [0.25, 0.3) is 0 Å². The van der Waals surface area contributed by atoms with Crippen LogP contribution in [0.1, 0.15) is 18.5 Å². The molecule has 7 heteroatoms. The summed E-state index contributed by atoms with van der Waals surface area (Å²) in [4.78, 5) is 17.3. The summed E-state index contributed by atoms with van der Waals surface area (Å²) >= 11 is 0. The molecule has 3 rings (SSSR count). The SMILES string of the molecule is Cc1c(N2CCC(C(=O)O)CC2)ccc2nc(N)nn12. The van der Waals surface area contributed by atoms with Gasteiger partial charge in [-0.05, 0) is 31.9 Å². The van der Waals surface area contributed by atoms with Gasteiger partial charge in [0.05, 0.1) is 17.3 Å². The highest BCUT2D eigenvalue weighted by Crippen LogP contribution is 2.26. The Morgan fingerprint density at radius 1 is 1.40 bits per heavy atom. The average molecular weight is 275 g/mol. The number of nitrogens with two attached hydrogens (primary N) is 1. The number of fused-ring (bicyclic) bond motifs is 1.